The van der Waals surface area contributed by atoms with Crippen LogP contribution in [-0.4, -0.2) is 26.5 Å². The van der Waals surface area contributed by atoms with Gasteiger partial charge in [0.15, 0.2) is 6.10 Å². The molecular weight excluding hydrogens is 356 g/mol. The van der Waals surface area contributed by atoms with Gasteiger partial charge in [-0.2, -0.15) is 0 Å². The summed E-state index contributed by atoms with van der Waals surface area (Å²) in [5.41, 5.74) is 2.33. The van der Waals surface area contributed by atoms with E-state index in [2.05, 4.69) is 15.3 Å². The maximum Gasteiger partial charge on any atom is 0.262 e. The van der Waals surface area contributed by atoms with Crippen LogP contribution in [0.3, 0.4) is 0 Å². The van der Waals surface area contributed by atoms with Gasteiger partial charge in [0, 0.05) is 37.0 Å². The van der Waals surface area contributed by atoms with E-state index in [4.69, 9.17) is 4.74 Å². The van der Waals surface area contributed by atoms with Gasteiger partial charge in [-0.3, -0.25) is 19.1 Å². The molecule has 2 unspecified atom stereocenters. The van der Waals surface area contributed by atoms with Crippen LogP contribution >= 0.6 is 0 Å². The van der Waals surface area contributed by atoms with Gasteiger partial charge in [-0.25, -0.2) is 4.98 Å². The van der Waals surface area contributed by atoms with Crippen molar-refractivity contribution in [1.82, 2.24) is 19.9 Å². The Morgan fingerprint density at radius 3 is 2.82 bits per heavy atom. The Morgan fingerprint density at radius 2 is 2.00 bits per heavy atom. The number of hydrogen-bond donors (Lipinski definition) is 1. The SMILES string of the molecule is O=C(NC1CCn2c1nc(-c1ccncc1)cc2=O)C1Cc2ccccc2O1. The predicted octanol–water partition coefficient (Wildman–Crippen LogP) is 1.87. The zero-order chi connectivity index (χ0) is 19.1. The summed E-state index contributed by atoms with van der Waals surface area (Å²) in [6, 6.07) is 12.5. The van der Waals surface area contributed by atoms with Crippen LogP contribution in [0.1, 0.15) is 23.9 Å². The van der Waals surface area contributed by atoms with Crippen molar-refractivity contribution in [3.8, 4) is 17.0 Å². The number of pyridine rings is 1. The molecule has 7 heteroatoms. The molecule has 2 aliphatic heterocycles. The molecule has 1 aromatic carbocycles. The van der Waals surface area contributed by atoms with Gasteiger partial charge in [0.2, 0.25) is 0 Å². The smallest absolute Gasteiger partial charge is 0.262 e. The second-order valence-corrected chi connectivity index (χ2v) is 6.99. The lowest BCUT2D eigenvalue weighted by Crippen LogP contribution is -2.39. The van der Waals surface area contributed by atoms with Crippen molar-refractivity contribution in [2.24, 2.45) is 0 Å². The number of para-hydroxylation sites is 1. The van der Waals surface area contributed by atoms with Crippen molar-refractivity contribution >= 4 is 5.91 Å². The van der Waals surface area contributed by atoms with Crippen LogP contribution in [0.5, 0.6) is 5.75 Å². The molecule has 0 fully saturated rings. The van der Waals surface area contributed by atoms with E-state index in [1.165, 1.54) is 6.07 Å². The number of hydrogen-bond acceptors (Lipinski definition) is 5. The van der Waals surface area contributed by atoms with E-state index in [1.54, 1.807) is 17.0 Å². The van der Waals surface area contributed by atoms with Crippen molar-refractivity contribution in [3.63, 3.8) is 0 Å². The van der Waals surface area contributed by atoms with Gasteiger partial charge in [-0.05, 0) is 30.2 Å². The highest BCUT2D eigenvalue weighted by Gasteiger charge is 2.33. The summed E-state index contributed by atoms with van der Waals surface area (Å²) in [5.74, 6) is 1.16. The molecule has 1 amide bonds. The van der Waals surface area contributed by atoms with Gasteiger partial charge >= 0.3 is 0 Å². The quantitative estimate of drug-likeness (QED) is 0.756. The van der Waals surface area contributed by atoms with E-state index in [0.717, 1.165) is 16.9 Å². The fourth-order valence-corrected chi connectivity index (χ4v) is 3.80. The van der Waals surface area contributed by atoms with E-state index in [-0.39, 0.29) is 17.5 Å². The van der Waals surface area contributed by atoms with Crippen LogP contribution in [0, 0.1) is 0 Å². The average molecular weight is 374 g/mol. The molecule has 0 radical (unpaired) electrons. The minimum atomic E-state index is -0.554. The Bertz CT molecular complexity index is 1090. The van der Waals surface area contributed by atoms with Crippen molar-refractivity contribution < 1.29 is 9.53 Å². The lowest BCUT2D eigenvalue weighted by Gasteiger charge is -2.16. The summed E-state index contributed by atoms with van der Waals surface area (Å²) in [5, 5.41) is 3.02. The monoisotopic (exact) mass is 374 g/mol. The molecule has 1 N–H and O–H groups in total. The third-order valence-electron chi connectivity index (χ3n) is 5.22. The highest BCUT2D eigenvalue weighted by atomic mass is 16.5. The number of fused-ring (bicyclic) bond motifs is 2. The molecule has 0 saturated heterocycles. The second kappa shape index (κ2) is 6.60. The summed E-state index contributed by atoms with van der Waals surface area (Å²) < 4.78 is 7.40. The minimum Gasteiger partial charge on any atom is -0.480 e. The van der Waals surface area contributed by atoms with E-state index in [1.807, 2.05) is 36.4 Å². The Morgan fingerprint density at radius 1 is 1.18 bits per heavy atom. The molecule has 7 nitrogen and oxygen atoms in total. The lowest BCUT2D eigenvalue weighted by atomic mass is 10.1. The first-order valence-electron chi connectivity index (χ1n) is 9.26. The van der Waals surface area contributed by atoms with Crippen LogP contribution in [0.4, 0.5) is 0 Å². The third kappa shape index (κ3) is 2.85. The fraction of sp³-hybridized carbons (Fsp3) is 0.238. The third-order valence-corrected chi connectivity index (χ3v) is 5.22. The van der Waals surface area contributed by atoms with Crippen LogP contribution in [0.2, 0.25) is 0 Å². The number of aromatic nitrogens is 3. The first-order chi connectivity index (χ1) is 13.7. The van der Waals surface area contributed by atoms with E-state index in [9.17, 15) is 9.59 Å². The summed E-state index contributed by atoms with van der Waals surface area (Å²) in [7, 11) is 0. The molecule has 0 spiro atoms. The molecule has 0 saturated carbocycles. The number of carbonyl (C=O) groups is 1. The first-order valence-corrected chi connectivity index (χ1v) is 9.26. The van der Waals surface area contributed by atoms with Crippen molar-refractivity contribution in [2.75, 3.05) is 0 Å². The summed E-state index contributed by atoms with van der Waals surface area (Å²) in [6.07, 6.45) is 3.95. The van der Waals surface area contributed by atoms with Gasteiger partial charge in [0.05, 0.1) is 11.7 Å². The van der Waals surface area contributed by atoms with Gasteiger partial charge in [0.25, 0.3) is 11.5 Å². The number of rotatable bonds is 3. The Kier molecular flexibility index (Phi) is 3.93. The summed E-state index contributed by atoms with van der Waals surface area (Å²) in [6.45, 7) is 0.536. The molecule has 5 rings (SSSR count). The van der Waals surface area contributed by atoms with Gasteiger partial charge in [-0.1, -0.05) is 18.2 Å². The number of carbonyl (C=O) groups excluding carboxylic acids is 1. The van der Waals surface area contributed by atoms with E-state index < -0.39 is 6.10 Å². The zero-order valence-electron chi connectivity index (χ0n) is 15.0. The van der Waals surface area contributed by atoms with Crippen LogP contribution < -0.4 is 15.6 Å². The standard InChI is InChI=1S/C21H18N4O3/c26-19-12-16(13-5-8-22-9-6-13)23-20-15(7-10-25(19)20)24-21(27)18-11-14-3-1-2-4-17(14)28-18/h1-6,8-9,12,15,18H,7,10-11H2,(H,24,27). The maximum absolute atomic E-state index is 12.8. The summed E-state index contributed by atoms with van der Waals surface area (Å²) >= 11 is 0. The maximum atomic E-state index is 12.8. The predicted molar refractivity (Wildman–Crippen MR) is 102 cm³/mol. The van der Waals surface area contributed by atoms with Crippen molar-refractivity contribution in [3.05, 3.63) is 76.6 Å². The zero-order valence-corrected chi connectivity index (χ0v) is 15.0. The van der Waals surface area contributed by atoms with E-state index in [0.29, 0.717) is 30.9 Å². The molecular formula is C21H18N4O3. The number of benzene rings is 1. The number of nitrogens with zero attached hydrogens (tertiary/aromatic N) is 3. The Hall–Kier alpha value is -3.48. The first kappa shape index (κ1) is 16.7. The molecule has 2 aromatic heterocycles. The topological polar surface area (TPSA) is 86.1 Å². The molecule has 2 aliphatic rings. The van der Waals surface area contributed by atoms with E-state index >= 15 is 0 Å². The van der Waals surface area contributed by atoms with Gasteiger partial charge in [0.1, 0.15) is 11.6 Å². The van der Waals surface area contributed by atoms with Crippen molar-refractivity contribution in [2.45, 2.75) is 31.5 Å². The molecule has 140 valence electrons. The fourth-order valence-electron chi connectivity index (χ4n) is 3.80. The van der Waals surface area contributed by atoms with Crippen molar-refractivity contribution in [1.29, 1.82) is 0 Å². The molecule has 2 atom stereocenters. The Balaban J connectivity index is 1.39. The summed E-state index contributed by atoms with van der Waals surface area (Å²) in [4.78, 5) is 33.9. The molecule has 28 heavy (non-hydrogen) atoms. The average Bonchev–Trinajstić information content (AvgIpc) is 3.33. The highest BCUT2D eigenvalue weighted by Crippen LogP contribution is 2.30. The van der Waals surface area contributed by atoms with Crippen LogP contribution in [-0.2, 0) is 17.8 Å². The van der Waals surface area contributed by atoms with Gasteiger partial charge in [-0.15, -0.1) is 0 Å². The number of nitrogens with one attached hydrogen (secondary N) is 1. The number of ether oxygens (including phenoxy) is 1. The second-order valence-electron chi connectivity index (χ2n) is 6.99. The molecule has 0 bridgehead atoms. The van der Waals surface area contributed by atoms with Gasteiger partial charge < -0.3 is 10.1 Å². The van der Waals surface area contributed by atoms with Crippen LogP contribution in [0.15, 0.2) is 59.7 Å². The van der Waals surface area contributed by atoms with Crippen LogP contribution in [0.25, 0.3) is 11.3 Å². The molecule has 3 aromatic rings. The lowest BCUT2D eigenvalue weighted by molar-refractivity contribution is -0.128. The molecule has 4 heterocycles. The minimum absolute atomic E-state index is 0.113. The Labute approximate surface area is 161 Å². The number of amides is 1. The molecule has 0 aliphatic carbocycles. The normalized spacial score (nSPS) is 19.6. The highest BCUT2D eigenvalue weighted by molar-refractivity contribution is 5.83. The largest absolute Gasteiger partial charge is 0.480 e.